The molecular weight excluding hydrogens is 429 g/mol. The molecule has 0 aliphatic carbocycles. The van der Waals surface area contributed by atoms with Crippen LogP contribution >= 0.6 is 22.6 Å². The fourth-order valence-electron chi connectivity index (χ4n) is 2.28. The number of fused-ring (bicyclic) bond motifs is 1. The zero-order chi connectivity index (χ0) is 17.8. The monoisotopic (exact) mass is 447 g/mol. The first kappa shape index (κ1) is 17.6. The van der Waals surface area contributed by atoms with E-state index in [1.54, 1.807) is 12.1 Å². The van der Waals surface area contributed by atoms with Crippen molar-refractivity contribution in [2.24, 2.45) is 5.92 Å². The molecule has 1 N–H and O–H groups in total. The molecule has 3 rings (SSSR count). The molecule has 0 aliphatic heterocycles. The lowest BCUT2D eigenvalue weighted by Crippen LogP contribution is -2.10. The van der Waals surface area contributed by atoms with E-state index in [2.05, 4.69) is 37.9 Å². The third-order valence-electron chi connectivity index (χ3n) is 3.53. The first-order valence-electron chi connectivity index (χ1n) is 7.97. The Balaban J connectivity index is 1.78. The topological polar surface area (TPSA) is 64.1 Å². The number of rotatable bonds is 5. The van der Waals surface area contributed by atoms with Crippen molar-refractivity contribution in [1.82, 2.24) is 9.97 Å². The molecule has 0 aliphatic rings. The summed E-state index contributed by atoms with van der Waals surface area (Å²) in [5.41, 5.74) is 2.26. The van der Waals surface area contributed by atoms with Crippen molar-refractivity contribution in [3.8, 4) is 0 Å². The number of ether oxygens (including phenoxy) is 1. The molecule has 1 aromatic heterocycles. The van der Waals surface area contributed by atoms with Crippen LogP contribution in [0.25, 0.3) is 10.9 Å². The molecule has 1 heterocycles. The molecule has 0 fully saturated rings. The molecule has 0 bridgehead atoms. The summed E-state index contributed by atoms with van der Waals surface area (Å²) in [5.74, 6) is 0.750. The first-order chi connectivity index (χ1) is 12.0. The van der Waals surface area contributed by atoms with Gasteiger partial charge in [-0.3, -0.25) is 0 Å². The molecular formula is C19H18IN3O2. The molecule has 0 unspecified atom stereocenters. The van der Waals surface area contributed by atoms with E-state index >= 15 is 0 Å². The van der Waals surface area contributed by atoms with Crippen LogP contribution < -0.4 is 5.32 Å². The molecule has 6 heteroatoms. The maximum Gasteiger partial charge on any atom is 0.338 e. The van der Waals surface area contributed by atoms with Crippen molar-refractivity contribution in [1.29, 1.82) is 0 Å². The Labute approximate surface area is 160 Å². The predicted octanol–water partition coefficient (Wildman–Crippen LogP) is 4.79. The van der Waals surface area contributed by atoms with E-state index in [4.69, 9.17) is 4.74 Å². The quantitative estimate of drug-likeness (QED) is 0.450. The van der Waals surface area contributed by atoms with E-state index in [0.717, 1.165) is 26.0 Å². The lowest BCUT2D eigenvalue weighted by Gasteiger charge is -2.10. The Bertz CT molecular complexity index is 895. The first-order valence-corrected chi connectivity index (χ1v) is 9.05. The number of nitrogens with zero attached hydrogens (tertiary/aromatic N) is 2. The van der Waals surface area contributed by atoms with Crippen molar-refractivity contribution in [2.75, 3.05) is 11.9 Å². The van der Waals surface area contributed by atoms with E-state index in [1.165, 1.54) is 6.33 Å². The molecule has 25 heavy (non-hydrogen) atoms. The summed E-state index contributed by atoms with van der Waals surface area (Å²) < 4.78 is 6.35. The van der Waals surface area contributed by atoms with Crippen molar-refractivity contribution < 1.29 is 9.53 Å². The zero-order valence-electron chi connectivity index (χ0n) is 14.0. The number of halogens is 1. The number of anilines is 2. The van der Waals surface area contributed by atoms with Gasteiger partial charge in [0.1, 0.15) is 12.1 Å². The van der Waals surface area contributed by atoms with Gasteiger partial charge >= 0.3 is 5.97 Å². The molecule has 0 atom stereocenters. The smallest absolute Gasteiger partial charge is 0.338 e. The van der Waals surface area contributed by atoms with Crippen LogP contribution in [0.15, 0.2) is 48.8 Å². The summed E-state index contributed by atoms with van der Waals surface area (Å²) in [6, 6.07) is 13.2. The van der Waals surface area contributed by atoms with Crippen LogP contribution in [0.1, 0.15) is 24.2 Å². The van der Waals surface area contributed by atoms with E-state index < -0.39 is 0 Å². The number of esters is 1. The number of hydrogen-bond acceptors (Lipinski definition) is 5. The summed E-state index contributed by atoms with van der Waals surface area (Å²) in [6.45, 7) is 4.44. The number of benzene rings is 2. The zero-order valence-corrected chi connectivity index (χ0v) is 16.1. The largest absolute Gasteiger partial charge is 0.462 e. The van der Waals surface area contributed by atoms with Gasteiger partial charge in [-0.2, -0.15) is 0 Å². The standard InChI is InChI=1S/C19H18IN3O2/c1-12(2)10-25-19(24)13-3-6-15(7-4-13)23-18-16-9-14(20)5-8-17(16)21-11-22-18/h3-9,11-12H,10H2,1-2H3,(H,21,22,23). The SMILES string of the molecule is CC(C)COC(=O)c1ccc(Nc2ncnc3ccc(I)cc23)cc1. The number of aromatic nitrogens is 2. The number of carbonyl (C=O) groups is 1. The van der Waals surface area contributed by atoms with Crippen LogP contribution in [0.2, 0.25) is 0 Å². The fraction of sp³-hybridized carbons (Fsp3) is 0.211. The van der Waals surface area contributed by atoms with Crippen LogP contribution in [-0.2, 0) is 4.74 Å². The molecule has 2 aromatic carbocycles. The molecule has 0 amide bonds. The summed E-state index contributed by atoms with van der Waals surface area (Å²) >= 11 is 2.26. The Morgan fingerprint density at radius 1 is 1.16 bits per heavy atom. The van der Waals surface area contributed by atoms with Crippen LogP contribution in [0, 0.1) is 9.49 Å². The maximum atomic E-state index is 12.0. The normalized spacial score (nSPS) is 10.9. The van der Waals surface area contributed by atoms with E-state index in [0.29, 0.717) is 18.1 Å². The van der Waals surface area contributed by atoms with Gasteiger partial charge < -0.3 is 10.1 Å². The minimum absolute atomic E-state index is 0.303. The van der Waals surface area contributed by atoms with E-state index in [-0.39, 0.29) is 5.97 Å². The molecule has 0 radical (unpaired) electrons. The van der Waals surface area contributed by atoms with Gasteiger partial charge in [-0.05, 0) is 71.0 Å². The molecule has 0 saturated heterocycles. The van der Waals surface area contributed by atoms with Crippen molar-refractivity contribution in [3.05, 3.63) is 57.9 Å². The Morgan fingerprint density at radius 2 is 1.92 bits per heavy atom. The highest BCUT2D eigenvalue weighted by atomic mass is 127. The highest BCUT2D eigenvalue weighted by molar-refractivity contribution is 14.1. The van der Waals surface area contributed by atoms with Gasteiger partial charge in [0.15, 0.2) is 0 Å². The summed E-state index contributed by atoms with van der Waals surface area (Å²) in [5, 5.41) is 4.24. The number of carbonyl (C=O) groups excluding carboxylic acids is 1. The van der Waals surface area contributed by atoms with Crippen LogP contribution in [-0.4, -0.2) is 22.5 Å². The lowest BCUT2D eigenvalue weighted by molar-refractivity contribution is 0.0459. The average Bonchev–Trinajstić information content (AvgIpc) is 2.61. The van der Waals surface area contributed by atoms with Crippen molar-refractivity contribution in [2.45, 2.75) is 13.8 Å². The second-order valence-corrected chi connectivity index (χ2v) is 7.32. The van der Waals surface area contributed by atoms with Gasteiger partial charge in [0.25, 0.3) is 0 Å². The summed E-state index contributed by atoms with van der Waals surface area (Å²) in [7, 11) is 0. The van der Waals surface area contributed by atoms with Gasteiger partial charge in [-0.1, -0.05) is 13.8 Å². The second-order valence-electron chi connectivity index (χ2n) is 6.08. The van der Waals surface area contributed by atoms with Gasteiger partial charge in [0.05, 0.1) is 17.7 Å². The number of hydrogen-bond donors (Lipinski definition) is 1. The second kappa shape index (κ2) is 7.77. The van der Waals surface area contributed by atoms with Crippen LogP contribution in [0.4, 0.5) is 11.5 Å². The third-order valence-corrected chi connectivity index (χ3v) is 4.20. The van der Waals surface area contributed by atoms with Gasteiger partial charge in [-0.25, -0.2) is 14.8 Å². The molecule has 5 nitrogen and oxygen atoms in total. The van der Waals surface area contributed by atoms with Crippen LogP contribution in [0.5, 0.6) is 0 Å². The third kappa shape index (κ3) is 4.45. The average molecular weight is 447 g/mol. The minimum Gasteiger partial charge on any atom is -0.462 e. The molecule has 0 spiro atoms. The molecule has 0 saturated carbocycles. The molecule has 3 aromatic rings. The van der Waals surface area contributed by atoms with E-state index in [1.807, 2.05) is 44.2 Å². The highest BCUT2D eigenvalue weighted by Crippen LogP contribution is 2.24. The Hall–Kier alpha value is -2.22. The van der Waals surface area contributed by atoms with Crippen molar-refractivity contribution in [3.63, 3.8) is 0 Å². The Morgan fingerprint density at radius 3 is 2.64 bits per heavy atom. The number of nitrogens with one attached hydrogen (secondary N) is 1. The lowest BCUT2D eigenvalue weighted by atomic mass is 10.2. The van der Waals surface area contributed by atoms with Gasteiger partial charge in [0, 0.05) is 14.6 Å². The molecule has 128 valence electrons. The van der Waals surface area contributed by atoms with Crippen molar-refractivity contribution >= 4 is 51.0 Å². The Kier molecular flexibility index (Phi) is 5.47. The minimum atomic E-state index is -0.303. The highest BCUT2D eigenvalue weighted by Gasteiger charge is 2.09. The van der Waals surface area contributed by atoms with Gasteiger partial charge in [-0.15, -0.1) is 0 Å². The predicted molar refractivity (Wildman–Crippen MR) is 107 cm³/mol. The van der Waals surface area contributed by atoms with Crippen LogP contribution in [0.3, 0.4) is 0 Å². The maximum absolute atomic E-state index is 12.0. The van der Waals surface area contributed by atoms with Gasteiger partial charge in [0.2, 0.25) is 0 Å². The fourth-order valence-corrected chi connectivity index (χ4v) is 2.77. The van der Waals surface area contributed by atoms with E-state index in [9.17, 15) is 4.79 Å². The summed E-state index contributed by atoms with van der Waals surface area (Å²) in [6.07, 6.45) is 1.54. The summed E-state index contributed by atoms with van der Waals surface area (Å²) in [4.78, 5) is 20.6.